The molecule has 0 saturated heterocycles. The molecule has 2 rings (SSSR count). The number of carbonyl (C=O) groups excluding carboxylic acids is 1. The first kappa shape index (κ1) is 13.1. The summed E-state index contributed by atoms with van der Waals surface area (Å²) in [5, 5.41) is 0.653. The molecular weight excluding hydrogens is 316 g/mol. The van der Waals surface area contributed by atoms with Crippen LogP contribution >= 0.6 is 27.5 Å². The Morgan fingerprint density at radius 2 is 1.67 bits per heavy atom. The molecule has 18 heavy (non-hydrogen) atoms. The summed E-state index contributed by atoms with van der Waals surface area (Å²) in [6, 6.07) is 14.3. The zero-order valence-corrected chi connectivity index (χ0v) is 11.7. The SMILES string of the molecule is O=C(Cc1ccc(Cl)cc1)Oc1ccc(Br)cc1. The molecule has 2 aromatic carbocycles. The normalized spacial score (nSPS) is 10.1. The molecule has 0 aliphatic heterocycles. The van der Waals surface area contributed by atoms with Gasteiger partial charge in [-0.25, -0.2) is 0 Å². The van der Waals surface area contributed by atoms with Crippen LogP contribution in [0.15, 0.2) is 53.0 Å². The van der Waals surface area contributed by atoms with Crippen molar-refractivity contribution in [3.8, 4) is 5.75 Å². The van der Waals surface area contributed by atoms with Crippen molar-refractivity contribution >= 4 is 33.5 Å². The molecule has 0 saturated carbocycles. The number of rotatable bonds is 3. The van der Waals surface area contributed by atoms with E-state index in [1.54, 1.807) is 24.3 Å². The van der Waals surface area contributed by atoms with Crippen LogP contribution in [0.3, 0.4) is 0 Å². The number of halogens is 2. The smallest absolute Gasteiger partial charge is 0.315 e. The van der Waals surface area contributed by atoms with Gasteiger partial charge in [-0.1, -0.05) is 39.7 Å². The molecule has 0 aliphatic rings. The van der Waals surface area contributed by atoms with Crippen LogP contribution in [-0.2, 0) is 11.2 Å². The molecule has 0 aromatic heterocycles. The summed E-state index contributed by atoms with van der Waals surface area (Å²) in [6.45, 7) is 0. The van der Waals surface area contributed by atoms with E-state index < -0.39 is 0 Å². The highest BCUT2D eigenvalue weighted by Crippen LogP contribution is 2.17. The molecule has 0 fully saturated rings. The third kappa shape index (κ3) is 3.86. The second kappa shape index (κ2) is 6.03. The van der Waals surface area contributed by atoms with Crippen molar-refractivity contribution in [2.75, 3.05) is 0 Å². The second-order valence-corrected chi connectivity index (χ2v) is 5.08. The molecule has 4 heteroatoms. The van der Waals surface area contributed by atoms with Crippen molar-refractivity contribution in [3.05, 3.63) is 63.6 Å². The van der Waals surface area contributed by atoms with E-state index in [1.807, 2.05) is 24.3 Å². The van der Waals surface area contributed by atoms with Gasteiger partial charge in [-0.3, -0.25) is 4.79 Å². The van der Waals surface area contributed by atoms with Crippen molar-refractivity contribution < 1.29 is 9.53 Å². The number of hydrogen-bond donors (Lipinski definition) is 0. The fourth-order valence-electron chi connectivity index (χ4n) is 1.44. The van der Waals surface area contributed by atoms with Crippen molar-refractivity contribution in [2.24, 2.45) is 0 Å². The number of ether oxygens (including phenoxy) is 1. The molecule has 2 nitrogen and oxygen atoms in total. The number of hydrogen-bond acceptors (Lipinski definition) is 2. The minimum Gasteiger partial charge on any atom is -0.426 e. The molecule has 0 heterocycles. The Bertz CT molecular complexity index is 485. The third-order valence-corrected chi connectivity index (χ3v) is 3.09. The Morgan fingerprint density at radius 3 is 2.28 bits per heavy atom. The highest BCUT2D eigenvalue weighted by Gasteiger charge is 2.06. The Balaban J connectivity index is 1.96. The molecule has 0 spiro atoms. The second-order valence-electron chi connectivity index (χ2n) is 3.73. The predicted molar refractivity (Wildman–Crippen MR) is 74.9 cm³/mol. The predicted octanol–water partition coefficient (Wildman–Crippen LogP) is 4.25. The molecule has 2 aromatic rings. The van der Waals surface area contributed by atoms with E-state index in [2.05, 4.69) is 15.9 Å². The van der Waals surface area contributed by atoms with Crippen LogP contribution in [-0.4, -0.2) is 5.97 Å². The molecule has 0 atom stereocenters. The van der Waals surface area contributed by atoms with Crippen LogP contribution in [0.25, 0.3) is 0 Å². The van der Waals surface area contributed by atoms with Crippen LogP contribution in [0, 0.1) is 0 Å². The maximum Gasteiger partial charge on any atom is 0.315 e. The first-order valence-electron chi connectivity index (χ1n) is 5.34. The van der Waals surface area contributed by atoms with Crippen molar-refractivity contribution in [1.82, 2.24) is 0 Å². The van der Waals surface area contributed by atoms with Gasteiger partial charge in [0.2, 0.25) is 0 Å². The van der Waals surface area contributed by atoms with E-state index in [0.717, 1.165) is 10.0 Å². The average molecular weight is 326 g/mol. The topological polar surface area (TPSA) is 26.3 Å². The van der Waals surface area contributed by atoms with E-state index in [1.165, 1.54) is 0 Å². The summed E-state index contributed by atoms with van der Waals surface area (Å²) in [5.41, 5.74) is 0.876. The van der Waals surface area contributed by atoms with Crippen molar-refractivity contribution in [3.63, 3.8) is 0 Å². The van der Waals surface area contributed by atoms with E-state index in [4.69, 9.17) is 16.3 Å². The first-order valence-corrected chi connectivity index (χ1v) is 6.51. The summed E-state index contributed by atoms with van der Waals surface area (Å²) in [7, 11) is 0. The van der Waals surface area contributed by atoms with Crippen LogP contribution in [0.5, 0.6) is 5.75 Å². The Hall–Kier alpha value is -1.32. The summed E-state index contributed by atoms with van der Waals surface area (Å²) >= 11 is 9.09. The van der Waals surface area contributed by atoms with E-state index >= 15 is 0 Å². The number of carbonyl (C=O) groups is 1. The lowest BCUT2D eigenvalue weighted by atomic mass is 10.1. The molecule has 0 unspecified atom stereocenters. The fraction of sp³-hybridized carbons (Fsp3) is 0.0714. The standard InChI is InChI=1S/C14H10BrClO2/c15-11-3-7-13(8-4-11)18-14(17)9-10-1-5-12(16)6-2-10/h1-8H,9H2. The minimum atomic E-state index is -0.292. The largest absolute Gasteiger partial charge is 0.426 e. The lowest BCUT2D eigenvalue weighted by molar-refractivity contribution is -0.133. The zero-order chi connectivity index (χ0) is 13.0. The molecule has 0 amide bonds. The lowest BCUT2D eigenvalue weighted by Gasteiger charge is -2.04. The van der Waals surface area contributed by atoms with Gasteiger partial charge in [0.15, 0.2) is 0 Å². The molecule has 0 N–H and O–H groups in total. The average Bonchev–Trinajstić information content (AvgIpc) is 2.35. The van der Waals surface area contributed by atoms with Gasteiger partial charge in [0.1, 0.15) is 5.75 Å². The maximum atomic E-state index is 11.7. The molecule has 0 bridgehead atoms. The van der Waals surface area contributed by atoms with Crippen LogP contribution in [0.2, 0.25) is 5.02 Å². The molecule has 92 valence electrons. The quantitative estimate of drug-likeness (QED) is 0.623. The van der Waals surface area contributed by atoms with Gasteiger partial charge in [-0.05, 0) is 42.0 Å². The van der Waals surface area contributed by atoms with Crippen LogP contribution < -0.4 is 4.74 Å². The Labute approximate surface area is 119 Å². The molecular formula is C14H10BrClO2. The zero-order valence-electron chi connectivity index (χ0n) is 9.40. The Kier molecular flexibility index (Phi) is 4.39. The van der Waals surface area contributed by atoms with Gasteiger partial charge >= 0.3 is 5.97 Å². The van der Waals surface area contributed by atoms with Crippen LogP contribution in [0.1, 0.15) is 5.56 Å². The summed E-state index contributed by atoms with van der Waals surface area (Å²) in [6.07, 6.45) is 0.229. The third-order valence-electron chi connectivity index (χ3n) is 2.31. The van der Waals surface area contributed by atoms with E-state index in [9.17, 15) is 4.79 Å². The van der Waals surface area contributed by atoms with E-state index in [-0.39, 0.29) is 12.4 Å². The first-order chi connectivity index (χ1) is 8.63. The van der Waals surface area contributed by atoms with Gasteiger partial charge in [0.05, 0.1) is 6.42 Å². The van der Waals surface area contributed by atoms with Crippen molar-refractivity contribution in [2.45, 2.75) is 6.42 Å². The highest BCUT2D eigenvalue weighted by atomic mass is 79.9. The molecule has 0 aliphatic carbocycles. The van der Waals surface area contributed by atoms with Gasteiger partial charge in [-0.2, -0.15) is 0 Å². The van der Waals surface area contributed by atoms with E-state index in [0.29, 0.717) is 10.8 Å². The van der Waals surface area contributed by atoms with Crippen LogP contribution in [0.4, 0.5) is 0 Å². The summed E-state index contributed by atoms with van der Waals surface area (Å²) in [4.78, 5) is 11.7. The lowest BCUT2D eigenvalue weighted by Crippen LogP contribution is -2.11. The van der Waals surface area contributed by atoms with Gasteiger partial charge < -0.3 is 4.74 Å². The van der Waals surface area contributed by atoms with Crippen molar-refractivity contribution in [1.29, 1.82) is 0 Å². The van der Waals surface area contributed by atoms with Gasteiger partial charge in [-0.15, -0.1) is 0 Å². The Morgan fingerprint density at radius 1 is 1.06 bits per heavy atom. The fourth-order valence-corrected chi connectivity index (χ4v) is 1.83. The molecule has 0 radical (unpaired) electrons. The summed E-state index contributed by atoms with van der Waals surface area (Å²) in [5.74, 6) is 0.247. The number of esters is 1. The minimum absolute atomic E-state index is 0.229. The monoisotopic (exact) mass is 324 g/mol. The maximum absolute atomic E-state index is 11.7. The summed E-state index contributed by atoms with van der Waals surface area (Å²) < 4.78 is 6.16. The van der Waals surface area contributed by atoms with Gasteiger partial charge in [0.25, 0.3) is 0 Å². The number of benzene rings is 2. The van der Waals surface area contributed by atoms with Gasteiger partial charge in [0, 0.05) is 9.50 Å². The highest BCUT2D eigenvalue weighted by molar-refractivity contribution is 9.10.